The predicted molar refractivity (Wildman–Crippen MR) is 108 cm³/mol. The SMILES string of the molecule is CC(SCCOc1ccc(C(C)(C)C)cc1)C(=O)NC1CCS(=O)(=O)C1. The number of sulfone groups is 1. The van der Waals surface area contributed by atoms with E-state index in [9.17, 15) is 13.2 Å². The highest BCUT2D eigenvalue weighted by Gasteiger charge is 2.29. The molecule has 1 saturated heterocycles. The van der Waals surface area contributed by atoms with Gasteiger partial charge in [-0.1, -0.05) is 32.9 Å². The summed E-state index contributed by atoms with van der Waals surface area (Å²) in [6.07, 6.45) is 0.513. The summed E-state index contributed by atoms with van der Waals surface area (Å²) in [5.74, 6) is 1.64. The third kappa shape index (κ3) is 6.50. The fourth-order valence-corrected chi connectivity index (χ4v) is 5.16. The van der Waals surface area contributed by atoms with Crippen molar-refractivity contribution in [3.05, 3.63) is 29.8 Å². The number of nitrogens with one attached hydrogen (secondary N) is 1. The molecular weight excluding hydrogens is 370 g/mol. The summed E-state index contributed by atoms with van der Waals surface area (Å²) in [4.78, 5) is 12.1. The van der Waals surface area contributed by atoms with Crippen molar-refractivity contribution in [2.24, 2.45) is 0 Å². The number of hydrogen-bond acceptors (Lipinski definition) is 5. The van der Waals surface area contributed by atoms with Crippen LogP contribution in [0.4, 0.5) is 0 Å². The van der Waals surface area contributed by atoms with Crippen molar-refractivity contribution < 1.29 is 17.9 Å². The Hall–Kier alpha value is -1.21. The van der Waals surface area contributed by atoms with Gasteiger partial charge in [0.25, 0.3) is 0 Å². The van der Waals surface area contributed by atoms with Gasteiger partial charge in [-0.15, -0.1) is 11.8 Å². The highest BCUT2D eigenvalue weighted by molar-refractivity contribution is 8.00. The maximum atomic E-state index is 12.1. The van der Waals surface area contributed by atoms with Crippen LogP contribution in [-0.2, 0) is 20.0 Å². The van der Waals surface area contributed by atoms with Crippen molar-refractivity contribution >= 4 is 27.5 Å². The number of carbonyl (C=O) groups is 1. The third-order valence-electron chi connectivity index (χ3n) is 4.39. The standard InChI is InChI=1S/C19H29NO4S2/c1-14(18(21)20-16-9-12-26(22,23)13-16)25-11-10-24-17-7-5-15(6-8-17)19(2,3)4/h5-8,14,16H,9-13H2,1-4H3,(H,20,21). The van der Waals surface area contributed by atoms with E-state index in [-0.39, 0.29) is 34.1 Å². The van der Waals surface area contributed by atoms with Crippen LogP contribution in [0.1, 0.15) is 39.7 Å². The predicted octanol–water partition coefficient (Wildman–Crippen LogP) is 2.79. The molecular formula is C19H29NO4S2. The molecule has 2 atom stereocenters. The highest BCUT2D eigenvalue weighted by Crippen LogP contribution is 2.24. The molecule has 5 nitrogen and oxygen atoms in total. The number of benzene rings is 1. The summed E-state index contributed by atoms with van der Waals surface area (Å²) in [7, 11) is -2.97. The molecule has 1 aliphatic rings. The molecule has 1 aliphatic heterocycles. The van der Waals surface area contributed by atoms with Crippen molar-refractivity contribution in [1.29, 1.82) is 0 Å². The Morgan fingerprint density at radius 3 is 2.50 bits per heavy atom. The molecule has 0 aromatic heterocycles. The number of rotatable bonds is 7. The van der Waals surface area contributed by atoms with Gasteiger partial charge in [0.05, 0.1) is 23.4 Å². The maximum Gasteiger partial charge on any atom is 0.233 e. The van der Waals surface area contributed by atoms with Crippen molar-refractivity contribution in [2.75, 3.05) is 23.9 Å². The van der Waals surface area contributed by atoms with Crippen molar-refractivity contribution in [1.82, 2.24) is 5.32 Å². The Morgan fingerprint density at radius 1 is 1.31 bits per heavy atom. The second kappa shape index (κ2) is 8.65. The molecule has 1 aromatic rings. The monoisotopic (exact) mass is 399 g/mol. The molecule has 1 amide bonds. The number of carbonyl (C=O) groups excluding carboxylic acids is 1. The van der Waals surface area contributed by atoms with E-state index < -0.39 is 9.84 Å². The van der Waals surface area contributed by atoms with Gasteiger partial charge in [0.2, 0.25) is 5.91 Å². The Morgan fingerprint density at radius 2 is 1.96 bits per heavy atom. The fourth-order valence-electron chi connectivity index (χ4n) is 2.74. The van der Waals surface area contributed by atoms with Crippen LogP contribution in [-0.4, -0.2) is 49.5 Å². The van der Waals surface area contributed by atoms with E-state index in [0.717, 1.165) is 5.75 Å². The number of thioether (sulfide) groups is 1. The van der Waals surface area contributed by atoms with Gasteiger partial charge < -0.3 is 10.1 Å². The smallest absolute Gasteiger partial charge is 0.233 e. The zero-order valence-electron chi connectivity index (χ0n) is 15.9. The second-order valence-electron chi connectivity index (χ2n) is 7.74. The van der Waals surface area contributed by atoms with E-state index in [0.29, 0.717) is 18.8 Å². The van der Waals surface area contributed by atoms with E-state index in [4.69, 9.17) is 4.74 Å². The van der Waals surface area contributed by atoms with Crippen LogP contribution in [0.5, 0.6) is 5.75 Å². The topological polar surface area (TPSA) is 72.5 Å². The maximum absolute atomic E-state index is 12.1. The summed E-state index contributed by atoms with van der Waals surface area (Å²) < 4.78 is 28.6. The fraction of sp³-hybridized carbons (Fsp3) is 0.632. The van der Waals surface area contributed by atoms with Gasteiger partial charge in [0, 0.05) is 11.8 Å². The molecule has 1 aromatic carbocycles. The Kier molecular flexibility index (Phi) is 7.02. The largest absolute Gasteiger partial charge is 0.493 e. The first kappa shape index (κ1) is 21.1. The lowest BCUT2D eigenvalue weighted by Crippen LogP contribution is -2.40. The Bertz CT molecular complexity index is 708. The van der Waals surface area contributed by atoms with Crippen LogP contribution < -0.4 is 10.1 Å². The molecule has 0 aliphatic carbocycles. The first-order valence-corrected chi connectivity index (χ1v) is 11.8. The third-order valence-corrected chi connectivity index (χ3v) is 7.27. The molecule has 1 fully saturated rings. The van der Waals surface area contributed by atoms with E-state index >= 15 is 0 Å². The summed E-state index contributed by atoms with van der Waals surface area (Å²) >= 11 is 1.51. The molecule has 0 bridgehead atoms. The Labute approximate surface area is 161 Å². The minimum Gasteiger partial charge on any atom is -0.493 e. The molecule has 1 N–H and O–H groups in total. The van der Waals surface area contributed by atoms with Gasteiger partial charge >= 0.3 is 0 Å². The molecule has 0 saturated carbocycles. The highest BCUT2D eigenvalue weighted by atomic mass is 32.2. The lowest BCUT2D eigenvalue weighted by Gasteiger charge is -2.19. The average molecular weight is 400 g/mol. The second-order valence-corrected chi connectivity index (χ2v) is 11.4. The molecule has 1 heterocycles. The number of ether oxygens (including phenoxy) is 1. The molecule has 146 valence electrons. The molecule has 26 heavy (non-hydrogen) atoms. The van der Waals surface area contributed by atoms with E-state index in [2.05, 4.69) is 38.2 Å². The lowest BCUT2D eigenvalue weighted by atomic mass is 9.87. The first-order valence-electron chi connectivity index (χ1n) is 8.92. The van der Waals surface area contributed by atoms with Gasteiger partial charge in [0.15, 0.2) is 9.84 Å². The molecule has 2 unspecified atom stereocenters. The van der Waals surface area contributed by atoms with Gasteiger partial charge in [-0.3, -0.25) is 4.79 Å². The summed E-state index contributed by atoms with van der Waals surface area (Å²) in [5.41, 5.74) is 1.38. The quantitative estimate of drug-likeness (QED) is 0.714. The summed E-state index contributed by atoms with van der Waals surface area (Å²) in [6, 6.07) is 7.86. The van der Waals surface area contributed by atoms with E-state index in [1.54, 1.807) is 0 Å². The van der Waals surface area contributed by atoms with Crippen LogP contribution in [0.2, 0.25) is 0 Å². The zero-order chi connectivity index (χ0) is 19.4. The summed E-state index contributed by atoms with van der Waals surface area (Å²) in [6.45, 7) is 8.88. The van der Waals surface area contributed by atoms with Crippen LogP contribution in [0.25, 0.3) is 0 Å². The van der Waals surface area contributed by atoms with E-state index in [1.165, 1.54) is 17.3 Å². The van der Waals surface area contributed by atoms with Gasteiger partial charge in [-0.05, 0) is 36.5 Å². The molecule has 0 radical (unpaired) electrons. The van der Waals surface area contributed by atoms with E-state index in [1.807, 2.05) is 19.1 Å². The lowest BCUT2D eigenvalue weighted by molar-refractivity contribution is -0.120. The van der Waals surface area contributed by atoms with Crippen LogP contribution in [0.3, 0.4) is 0 Å². The zero-order valence-corrected chi connectivity index (χ0v) is 17.6. The van der Waals surface area contributed by atoms with Crippen molar-refractivity contribution in [3.8, 4) is 5.75 Å². The Balaban J connectivity index is 1.68. The molecule has 7 heteroatoms. The minimum absolute atomic E-state index is 0.0593. The van der Waals surface area contributed by atoms with Crippen molar-refractivity contribution in [2.45, 2.75) is 50.8 Å². The average Bonchev–Trinajstić information content (AvgIpc) is 2.89. The van der Waals surface area contributed by atoms with Crippen molar-refractivity contribution in [3.63, 3.8) is 0 Å². The normalized spacial score (nSPS) is 20.5. The number of hydrogen-bond donors (Lipinski definition) is 1. The minimum atomic E-state index is -2.97. The summed E-state index contributed by atoms with van der Waals surface area (Å²) in [5, 5.41) is 2.60. The van der Waals surface area contributed by atoms with Crippen LogP contribution in [0.15, 0.2) is 24.3 Å². The first-order chi connectivity index (χ1) is 12.1. The van der Waals surface area contributed by atoms with Gasteiger partial charge in [-0.2, -0.15) is 0 Å². The molecule has 2 rings (SSSR count). The van der Waals surface area contributed by atoms with Gasteiger partial charge in [0.1, 0.15) is 5.75 Å². The van der Waals surface area contributed by atoms with Gasteiger partial charge in [-0.25, -0.2) is 8.42 Å². The number of amides is 1. The molecule has 0 spiro atoms. The van der Waals surface area contributed by atoms with Crippen LogP contribution in [0, 0.1) is 0 Å². The van der Waals surface area contributed by atoms with Crippen LogP contribution >= 0.6 is 11.8 Å².